The molecule has 1 saturated carbocycles. The lowest BCUT2D eigenvalue weighted by Gasteiger charge is -2.36. The molecule has 1 aliphatic heterocycles. The van der Waals surface area contributed by atoms with Crippen molar-refractivity contribution in [2.24, 2.45) is 5.92 Å². The highest BCUT2D eigenvalue weighted by Crippen LogP contribution is 2.38. The van der Waals surface area contributed by atoms with Crippen molar-refractivity contribution in [1.82, 2.24) is 15.5 Å². The lowest BCUT2D eigenvalue weighted by molar-refractivity contribution is -0.137. The van der Waals surface area contributed by atoms with Gasteiger partial charge in [0.15, 0.2) is 0 Å². The smallest absolute Gasteiger partial charge is 0.325 e. The van der Waals surface area contributed by atoms with Gasteiger partial charge in [-0.05, 0) is 44.1 Å². The summed E-state index contributed by atoms with van der Waals surface area (Å²) in [6.07, 6.45) is 5.24. The molecule has 1 saturated heterocycles. The van der Waals surface area contributed by atoms with Gasteiger partial charge in [-0.2, -0.15) is 0 Å². The topological polar surface area (TPSA) is 78.5 Å². The lowest BCUT2D eigenvalue weighted by Crippen LogP contribution is -2.54. The van der Waals surface area contributed by atoms with Gasteiger partial charge in [0.25, 0.3) is 5.91 Å². The second-order valence-electron chi connectivity index (χ2n) is 7.93. The summed E-state index contributed by atoms with van der Waals surface area (Å²) in [6.45, 7) is 3.73. The summed E-state index contributed by atoms with van der Waals surface area (Å²) in [6, 6.07) is 9.63. The number of aryl methyl sites for hydroxylation is 1. The minimum absolute atomic E-state index is 0.0268. The number of rotatable bonds is 6. The first-order chi connectivity index (χ1) is 12.9. The number of urea groups is 1. The fraction of sp³-hybridized carbons (Fsp3) is 0.571. The van der Waals surface area contributed by atoms with Crippen molar-refractivity contribution in [3.63, 3.8) is 0 Å². The molecule has 6 nitrogen and oxygen atoms in total. The second-order valence-corrected chi connectivity index (χ2v) is 7.93. The van der Waals surface area contributed by atoms with E-state index in [1.807, 2.05) is 32.0 Å². The number of amides is 4. The number of nitrogens with one attached hydrogen (secondary N) is 2. The summed E-state index contributed by atoms with van der Waals surface area (Å²) in [5, 5.41) is 5.79. The van der Waals surface area contributed by atoms with Gasteiger partial charge in [-0.3, -0.25) is 14.5 Å². The van der Waals surface area contributed by atoms with E-state index in [4.69, 9.17) is 0 Å². The minimum Gasteiger partial charge on any atom is -0.352 e. The number of hydrogen-bond donors (Lipinski definition) is 2. The predicted molar refractivity (Wildman–Crippen MR) is 103 cm³/mol. The Bertz CT molecular complexity index is 706. The lowest BCUT2D eigenvalue weighted by atomic mass is 9.73. The molecule has 2 N–H and O–H groups in total. The molecule has 1 spiro atoms. The van der Waals surface area contributed by atoms with E-state index >= 15 is 0 Å². The molecule has 0 radical (unpaired) electrons. The van der Waals surface area contributed by atoms with E-state index < -0.39 is 11.6 Å². The number of benzene rings is 1. The van der Waals surface area contributed by atoms with E-state index in [0.717, 1.165) is 37.0 Å². The Hall–Kier alpha value is -2.37. The van der Waals surface area contributed by atoms with Crippen molar-refractivity contribution in [2.45, 2.75) is 64.0 Å². The quantitative estimate of drug-likeness (QED) is 0.755. The van der Waals surface area contributed by atoms with Gasteiger partial charge in [0, 0.05) is 6.04 Å². The highest BCUT2D eigenvalue weighted by Gasteiger charge is 2.55. The maximum atomic E-state index is 12.9. The van der Waals surface area contributed by atoms with E-state index in [1.165, 1.54) is 5.56 Å². The molecule has 2 fully saturated rings. The zero-order chi connectivity index (χ0) is 19.4. The Morgan fingerprint density at radius 1 is 1.30 bits per heavy atom. The standard InChI is InChI=1S/C21H29N3O3/c1-15-8-6-7-13-21(15)19(26)24(20(27)23-21)14-18(25)22-16(2)11-12-17-9-4-3-5-10-17/h3-5,9-10,15-16H,6-8,11-14H2,1-2H3,(H,22,25)(H,23,27)/t15-,16+,21+/m1/s1. The van der Waals surface area contributed by atoms with Crippen LogP contribution in [0.4, 0.5) is 4.79 Å². The molecule has 146 valence electrons. The average Bonchev–Trinajstić information content (AvgIpc) is 2.88. The van der Waals surface area contributed by atoms with Crippen LogP contribution in [-0.2, 0) is 16.0 Å². The molecule has 0 bridgehead atoms. The summed E-state index contributed by atoms with van der Waals surface area (Å²) < 4.78 is 0. The third-order valence-corrected chi connectivity index (χ3v) is 5.92. The zero-order valence-corrected chi connectivity index (χ0v) is 16.2. The second kappa shape index (κ2) is 8.11. The molecule has 4 amide bonds. The first kappa shape index (κ1) is 19.4. The molecule has 3 rings (SSSR count). The van der Waals surface area contributed by atoms with Crippen molar-refractivity contribution in [2.75, 3.05) is 6.54 Å². The number of imide groups is 1. The normalized spacial score (nSPS) is 26.1. The Balaban J connectivity index is 1.53. The van der Waals surface area contributed by atoms with Crippen LogP contribution in [0.15, 0.2) is 30.3 Å². The number of hydrogen-bond acceptors (Lipinski definition) is 3. The fourth-order valence-electron chi connectivity index (χ4n) is 4.20. The predicted octanol–water partition coefficient (Wildman–Crippen LogP) is 2.62. The van der Waals surface area contributed by atoms with Crippen LogP contribution >= 0.6 is 0 Å². The summed E-state index contributed by atoms with van der Waals surface area (Å²) >= 11 is 0. The van der Waals surface area contributed by atoms with Gasteiger partial charge < -0.3 is 10.6 Å². The summed E-state index contributed by atoms with van der Waals surface area (Å²) in [5.74, 6) is -0.438. The van der Waals surface area contributed by atoms with Gasteiger partial charge in [-0.25, -0.2) is 4.79 Å². The Morgan fingerprint density at radius 3 is 2.74 bits per heavy atom. The number of carbonyl (C=O) groups excluding carboxylic acids is 3. The summed E-state index contributed by atoms with van der Waals surface area (Å²) in [4.78, 5) is 38.7. The first-order valence-corrected chi connectivity index (χ1v) is 9.90. The van der Waals surface area contributed by atoms with Gasteiger partial charge in [-0.15, -0.1) is 0 Å². The van der Waals surface area contributed by atoms with Crippen molar-refractivity contribution >= 4 is 17.8 Å². The van der Waals surface area contributed by atoms with Crippen LogP contribution in [0.2, 0.25) is 0 Å². The molecule has 3 atom stereocenters. The minimum atomic E-state index is -0.811. The monoisotopic (exact) mass is 371 g/mol. The zero-order valence-electron chi connectivity index (χ0n) is 16.2. The molecule has 2 aliphatic rings. The molecule has 6 heteroatoms. The van der Waals surface area contributed by atoms with Crippen LogP contribution < -0.4 is 10.6 Å². The van der Waals surface area contributed by atoms with E-state index in [0.29, 0.717) is 6.42 Å². The molecule has 1 aromatic rings. The van der Waals surface area contributed by atoms with Crippen LogP contribution in [0.5, 0.6) is 0 Å². The SMILES string of the molecule is C[C@@H]1CCCC[C@]12NC(=O)N(CC(=O)N[C@@H](C)CCc1ccccc1)C2=O. The van der Waals surface area contributed by atoms with Gasteiger partial charge >= 0.3 is 6.03 Å². The molecular weight excluding hydrogens is 342 g/mol. The van der Waals surface area contributed by atoms with E-state index in [9.17, 15) is 14.4 Å². The Kier molecular flexibility index (Phi) is 5.82. The van der Waals surface area contributed by atoms with E-state index in [1.54, 1.807) is 0 Å². The van der Waals surface area contributed by atoms with Crippen molar-refractivity contribution in [1.29, 1.82) is 0 Å². The van der Waals surface area contributed by atoms with Crippen molar-refractivity contribution < 1.29 is 14.4 Å². The van der Waals surface area contributed by atoms with Crippen LogP contribution in [0.25, 0.3) is 0 Å². The summed E-state index contributed by atoms with van der Waals surface area (Å²) in [7, 11) is 0. The first-order valence-electron chi connectivity index (χ1n) is 9.90. The number of carbonyl (C=O) groups is 3. The maximum absolute atomic E-state index is 12.9. The average molecular weight is 371 g/mol. The Labute approximate surface area is 160 Å². The maximum Gasteiger partial charge on any atom is 0.325 e. The molecule has 1 heterocycles. The molecule has 0 aromatic heterocycles. The third-order valence-electron chi connectivity index (χ3n) is 5.92. The van der Waals surface area contributed by atoms with Crippen LogP contribution in [-0.4, -0.2) is 40.9 Å². The molecule has 27 heavy (non-hydrogen) atoms. The molecule has 1 aromatic carbocycles. The van der Waals surface area contributed by atoms with E-state index in [2.05, 4.69) is 22.8 Å². The third kappa shape index (κ3) is 4.15. The highest BCUT2D eigenvalue weighted by molar-refractivity contribution is 6.09. The van der Waals surface area contributed by atoms with Gasteiger partial charge in [0.05, 0.1) is 0 Å². The largest absolute Gasteiger partial charge is 0.352 e. The van der Waals surface area contributed by atoms with Crippen molar-refractivity contribution in [3.8, 4) is 0 Å². The van der Waals surface area contributed by atoms with Gasteiger partial charge in [0.1, 0.15) is 12.1 Å². The summed E-state index contributed by atoms with van der Waals surface area (Å²) in [5.41, 5.74) is 0.412. The highest BCUT2D eigenvalue weighted by atomic mass is 16.2. The molecular formula is C21H29N3O3. The van der Waals surface area contributed by atoms with Crippen LogP contribution in [0.3, 0.4) is 0 Å². The van der Waals surface area contributed by atoms with E-state index in [-0.39, 0.29) is 30.3 Å². The Morgan fingerprint density at radius 2 is 2.04 bits per heavy atom. The van der Waals surface area contributed by atoms with Crippen molar-refractivity contribution in [3.05, 3.63) is 35.9 Å². The van der Waals surface area contributed by atoms with Crippen LogP contribution in [0.1, 0.15) is 51.5 Å². The molecule has 0 unspecified atom stereocenters. The van der Waals surface area contributed by atoms with Gasteiger partial charge in [-0.1, -0.05) is 50.1 Å². The molecule has 1 aliphatic carbocycles. The number of nitrogens with zero attached hydrogens (tertiary/aromatic N) is 1. The van der Waals surface area contributed by atoms with Crippen LogP contribution in [0, 0.1) is 5.92 Å². The fourth-order valence-corrected chi connectivity index (χ4v) is 4.20. The van der Waals surface area contributed by atoms with Gasteiger partial charge in [0.2, 0.25) is 5.91 Å².